The van der Waals surface area contributed by atoms with E-state index in [1.807, 2.05) is 38.1 Å². The minimum atomic E-state index is -0.623. The number of halogens is 1. The third kappa shape index (κ3) is 4.17. The molecule has 2 aromatic rings. The van der Waals surface area contributed by atoms with E-state index in [4.69, 9.17) is 16.3 Å². The fourth-order valence-electron chi connectivity index (χ4n) is 3.47. The molecule has 0 radical (unpaired) electrons. The number of benzene rings is 1. The number of aromatic nitrogens is 1. The molecule has 2 heterocycles. The van der Waals surface area contributed by atoms with E-state index in [0.29, 0.717) is 23.8 Å². The van der Waals surface area contributed by atoms with Crippen molar-refractivity contribution in [3.8, 4) is 10.6 Å². The topological polar surface area (TPSA) is 59.5 Å². The highest BCUT2D eigenvalue weighted by Gasteiger charge is 2.41. The van der Waals surface area contributed by atoms with Crippen LogP contribution in [0.2, 0.25) is 5.02 Å². The molecule has 1 atom stereocenters. The molecule has 1 amide bonds. The lowest BCUT2D eigenvalue weighted by Gasteiger charge is -2.39. The van der Waals surface area contributed by atoms with E-state index >= 15 is 0 Å². The average molecular weight is 407 g/mol. The second-order valence-corrected chi connectivity index (χ2v) is 8.65. The molecule has 1 aliphatic heterocycles. The lowest BCUT2D eigenvalue weighted by Crippen LogP contribution is -2.47. The Morgan fingerprint density at radius 2 is 2.15 bits per heavy atom. The van der Waals surface area contributed by atoms with Crippen LogP contribution in [0.25, 0.3) is 10.6 Å². The lowest BCUT2D eigenvalue weighted by molar-refractivity contribution is -0.155. The second kappa shape index (κ2) is 7.98. The SMILES string of the molecule is COC(=O)C(C)(C)[C@H]1CCCN(C(=O)c2csc(-c3cccc(Cl)c3)n2)C1. The smallest absolute Gasteiger partial charge is 0.311 e. The third-order valence-electron chi connectivity index (χ3n) is 5.24. The van der Waals surface area contributed by atoms with E-state index in [2.05, 4.69) is 4.98 Å². The summed E-state index contributed by atoms with van der Waals surface area (Å²) in [6, 6.07) is 7.44. The highest BCUT2D eigenvalue weighted by molar-refractivity contribution is 7.13. The molecule has 0 aliphatic carbocycles. The summed E-state index contributed by atoms with van der Waals surface area (Å²) < 4.78 is 4.95. The monoisotopic (exact) mass is 406 g/mol. The first kappa shape index (κ1) is 19.8. The van der Waals surface area contributed by atoms with Crippen molar-refractivity contribution in [2.45, 2.75) is 26.7 Å². The van der Waals surface area contributed by atoms with Crippen molar-refractivity contribution in [1.29, 1.82) is 0 Å². The standard InChI is InChI=1S/C20H23ClN2O3S/c1-20(2,19(25)26-3)14-7-5-9-23(11-14)18(24)16-12-27-17(22-16)13-6-4-8-15(21)10-13/h4,6,8,10,12,14H,5,7,9,11H2,1-3H3/t14-/m0/s1. The number of nitrogens with zero attached hydrogens (tertiary/aromatic N) is 2. The van der Waals surface area contributed by atoms with Crippen molar-refractivity contribution < 1.29 is 14.3 Å². The number of thiazole rings is 1. The van der Waals surface area contributed by atoms with Crippen molar-refractivity contribution in [3.05, 3.63) is 40.4 Å². The van der Waals surface area contributed by atoms with Crippen LogP contribution in [0.3, 0.4) is 0 Å². The molecule has 0 saturated carbocycles. The summed E-state index contributed by atoms with van der Waals surface area (Å²) in [6.45, 7) is 4.98. The Kier molecular flexibility index (Phi) is 5.86. The summed E-state index contributed by atoms with van der Waals surface area (Å²) in [7, 11) is 1.41. The molecule has 0 N–H and O–H groups in total. The molecule has 0 bridgehead atoms. The molecule has 0 spiro atoms. The molecule has 144 valence electrons. The Balaban J connectivity index is 1.75. The lowest BCUT2D eigenvalue weighted by atomic mass is 9.74. The Hall–Kier alpha value is -1.92. The number of piperidine rings is 1. The highest BCUT2D eigenvalue weighted by atomic mass is 35.5. The molecule has 1 aromatic carbocycles. The van der Waals surface area contributed by atoms with Gasteiger partial charge in [0.25, 0.3) is 5.91 Å². The summed E-state index contributed by atoms with van der Waals surface area (Å²) in [4.78, 5) is 31.4. The average Bonchev–Trinajstić information content (AvgIpc) is 3.17. The molecule has 1 fully saturated rings. The quantitative estimate of drug-likeness (QED) is 0.700. The van der Waals surface area contributed by atoms with E-state index in [1.165, 1.54) is 18.4 Å². The van der Waals surface area contributed by atoms with Crippen LogP contribution < -0.4 is 0 Å². The van der Waals surface area contributed by atoms with Crippen molar-refractivity contribution in [2.75, 3.05) is 20.2 Å². The molecule has 0 unspecified atom stereocenters. The number of hydrogen-bond donors (Lipinski definition) is 0. The van der Waals surface area contributed by atoms with Gasteiger partial charge in [0.1, 0.15) is 10.7 Å². The summed E-state index contributed by atoms with van der Waals surface area (Å²) >= 11 is 7.47. The summed E-state index contributed by atoms with van der Waals surface area (Å²) in [5, 5.41) is 3.19. The van der Waals surface area contributed by atoms with Gasteiger partial charge in [-0.25, -0.2) is 4.98 Å². The van der Waals surface area contributed by atoms with E-state index in [0.717, 1.165) is 23.4 Å². The van der Waals surface area contributed by atoms with E-state index in [1.54, 1.807) is 10.3 Å². The van der Waals surface area contributed by atoms with Gasteiger partial charge in [0.15, 0.2) is 0 Å². The number of methoxy groups -OCH3 is 1. The zero-order valence-electron chi connectivity index (χ0n) is 15.7. The molecule has 5 nitrogen and oxygen atoms in total. The van der Waals surface area contributed by atoms with Crippen LogP contribution in [0.5, 0.6) is 0 Å². The van der Waals surface area contributed by atoms with Crippen LogP contribution in [0.1, 0.15) is 37.2 Å². The third-order valence-corrected chi connectivity index (χ3v) is 6.36. The van der Waals surface area contributed by atoms with Gasteiger partial charge in [-0.2, -0.15) is 0 Å². The van der Waals surface area contributed by atoms with Gasteiger partial charge in [0.2, 0.25) is 0 Å². The van der Waals surface area contributed by atoms with Gasteiger partial charge in [-0.15, -0.1) is 11.3 Å². The van der Waals surface area contributed by atoms with Gasteiger partial charge in [-0.1, -0.05) is 23.7 Å². The van der Waals surface area contributed by atoms with Crippen molar-refractivity contribution in [3.63, 3.8) is 0 Å². The maximum absolute atomic E-state index is 13.0. The van der Waals surface area contributed by atoms with Gasteiger partial charge in [-0.3, -0.25) is 9.59 Å². The summed E-state index contributed by atoms with van der Waals surface area (Å²) in [5.74, 6) is -0.266. The zero-order valence-corrected chi connectivity index (χ0v) is 17.3. The molecule has 3 rings (SSSR count). The first-order valence-electron chi connectivity index (χ1n) is 8.92. The Bertz CT molecular complexity index is 849. The fraction of sp³-hybridized carbons (Fsp3) is 0.450. The zero-order chi connectivity index (χ0) is 19.6. The molecule has 1 saturated heterocycles. The largest absolute Gasteiger partial charge is 0.469 e. The number of carbonyl (C=O) groups excluding carboxylic acids is 2. The Labute approximate surface area is 168 Å². The van der Waals surface area contributed by atoms with Crippen LogP contribution in [0.4, 0.5) is 0 Å². The number of carbonyl (C=O) groups is 2. The molecular formula is C20H23ClN2O3S. The molecule has 1 aromatic heterocycles. The van der Waals surface area contributed by atoms with Crippen LogP contribution in [-0.4, -0.2) is 42.0 Å². The van der Waals surface area contributed by atoms with Crippen LogP contribution >= 0.6 is 22.9 Å². The maximum Gasteiger partial charge on any atom is 0.311 e. The van der Waals surface area contributed by atoms with E-state index in [9.17, 15) is 9.59 Å². The van der Waals surface area contributed by atoms with Crippen LogP contribution in [-0.2, 0) is 9.53 Å². The summed E-state index contributed by atoms with van der Waals surface area (Å²) in [5.41, 5.74) is 0.711. The molecule has 27 heavy (non-hydrogen) atoms. The number of ether oxygens (including phenoxy) is 1. The van der Waals surface area contributed by atoms with Crippen LogP contribution in [0.15, 0.2) is 29.6 Å². The number of amides is 1. The minimum Gasteiger partial charge on any atom is -0.469 e. The molecule has 1 aliphatic rings. The predicted molar refractivity (Wildman–Crippen MR) is 107 cm³/mol. The first-order valence-corrected chi connectivity index (χ1v) is 10.2. The summed E-state index contributed by atoms with van der Waals surface area (Å²) in [6.07, 6.45) is 1.76. The van der Waals surface area contributed by atoms with Crippen molar-refractivity contribution in [2.24, 2.45) is 11.3 Å². The second-order valence-electron chi connectivity index (χ2n) is 7.35. The van der Waals surface area contributed by atoms with Gasteiger partial charge in [-0.05, 0) is 44.7 Å². The van der Waals surface area contributed by atoms with Crippen molar-refractivity contribution in [1.82, 2.24) is 9.88 Å². The highest BCUT2D eigenvalue weighted by Crippen LogP contribution is 2.35. The normalized spacial score (nSPS) is 17.6. The number of rotatable bonds is 4. The number of hydrogen-bond acceptors (Lipinski definition) is 5. The Morgan fingerprint density at radius 3 is 2.85 bits per heavy atom. The first-order chi connectivity index (χ1) is 12.8. The van der Waals surface area contributed by atoms with Crippen molar-refractivity contribution >= 4 is 34.8 Å². The van der Waals surface area contributed by atoms with Gasteiger partial charge >= 0.3 is 5.97 Å². The maximum atomic E-state index is 13.0. The van der Waals surface area contributed by atoms with Gasteiger partial charge in [0.05, 0.1) is 12.5 Å². The van der Waals surface area contributed by atoms with E-state index in [-0.39, 0.29) is 17.8 Å². The molecule has 7 heteroatoms. The van der Waals surface area contributed by atoms with Gasteiger partial charge < -0.3 is 9.64 Å². The predicted octanol–water partition coefficient (Wildman–Crippen LogP) is 4.51. The Morgan fingerprint density at radius 1 is 1.37 bits per heavy atom. The number of likely N-dealkylation sites (tertiary alicyclic amines) is 1. The minimum absolute atomic E-state index is 0.0636. The van der Waals surface area contributed by atoms with Crippen LogP contribution in [0, 0.1) is 11.3 Å². The number of esters is 1. The molecular weight excluding hydrogens is 384 g/mol. The van der Waals surface area contributed by atoms with Gasteiger partial charge in [0, 0.05) is 29.1 Å². The fourth-order valence-corrected chi connectivity index (χ4v) is 4.45. The van der Waals surface area contributed by atoms with E-state index < -0.39 is 5.41 Å².